The minimum absolute atomic E-state index is 0.0411. The van der Waals surface area contributed by atoms with Crippen molar-refractivity contribution in [1.82, 2.24) is 5.32 Å². The number of hydrogen-bond donors (Lipinski definition) is 2. The maximum absolute atomic E-state index is 12.0. The highest BCUT2D eigenvalue weighted by Gasteiger charge is 2.16. The van der Waals surface area contributed by atoms with E-state index in [2.05, 4.69) is 5.32 Å². The van der Waals surface area contributed by atoms with Crippen LogP contribution in [0.5, 0.6) is 5.75 Å². The molecule has 1 heterocycles. The zero-order chi connectivity index (χ0) is 15.1. The Morgan fingerprint density at radius 2 is 2.14 bits per heavy atom. The van der Waals surface area contributed by atoms with Crippen LogP contribution in [0.15, 0.2) is 47.1 Å². The van der Waals surface area contributed by atoms with E-state index in [-0.39, 0.29) is 12.5 Å². The summed E-state index contributed by atoms with van der Waals surface area (Å²) in [6.45, 7) is 2.06. The highest BCUT2D eigenvalue weighted by molar-refractivity contribution is 5.80. The van der Waals surface area contributed by atoms with Gasteiger partial charge in [0.05, 0.1) is 12.8 Å². The van der Waals surface area contributed by atoms with E-state index in [4.69, 9.17) is 14.3 Å². The van der Waals surface area contributed by atoms with Crippen LogP contribution in [0.1, 0.15) is 18.2 Å². The van der Waals surface area contributed by atoms with Crippen molar-refractivity contribution in [3.8, 4) is 5.75 Å². The van der Waals surface area contributed by atoms with Gasteiger partial charge in [-0.25, -0.2) is 0 Å². The van der Waals surface area contributed by atoms with Gasteiger partial charge in [-0.1, -0.05) is 18.2 Å². The van der Waals surface area contributed by atoms with E-state index in [1.165, 1.54) is 0 Å². The van der Waals surface area contributed by atoms with Gasteiger partial charge in [0.2, 0.25) is 0 Å². The molecule has 5 heteroatoms. The zero-order valence-electron chi connectivity index (χ0n) is 11.9. The molecule has 0 fully saturated rings. The average Bonchev–Trinajstić information content (AvgIpc) is 3.00. The van der Waals surface area contributed by atoms with E-state index in [1.807, 2.05) is 18.2 Å². The van der Waals surface area contributed by atoms with Gasteiger partial charge in [0.15, 0.2) is 6.10 Å². The van der Waals surface area contributed by atoms with Crippen LogP contribution in [0, 0.1) is 0 Å². The van der Waals surface area contributed by atoms with Gasteiger partial charge >= 0.3 is 0 Å². The highest BCUT2D eigenvalue weighted by Crippen LogP contribution is 2.19. The number of carbonyl (C=O) groups excluding carboxylic acids is 1. The van der Waals surface area contributed by atoms with Crippen LogP contribution in [-0.2, 0) is 17.8 Å². The first-order valence-corrected chi connectivity index (χ1v) is 6.86. The van der Waals surface area contributed by atoms with Crippen LogP contribution in [0.25, 0.3) is 0 Å². The molecule has 112 valence electrons. The average molecular weight is 289 g/mol. The Kier molecular flexibility index (Phi) is 5.40. The minimum atomic E-state index is -0.625. The van der Waals surface area contributed by atoms with Crippen molar-refractivity contribution in [1.29, 1.82) is 0 Å². The summed E-state index contributed by atoms with van der Waals surface area (Å²) in [7, 11) is 0. The molecule has 1 aromatic carbocycles. The highest BCUT2D eigenvalue weighted by atomic mass is 16.5. The molecule has 0 saturated heterocycles. The smallest absolute Gasteiger partial charge is 0.261 e. The number of rotatable bonds is 7. The predicted octanol–water partition coefficient (Wildman–Crippen LogP) is 1.90. The lowest BCUT2D eigenvalue weighted by Crippen LogP contribution is -2.36. The Hall–Kier alpha value is -2.27. The predicted molar refractivity (Wildman–Crippen MR) is 77.9 cm³/mol. The maximum Gasteiger partial charge on any atom is 0.261 e. The van der Waals surface area contributed by atoms with E-state index in [9.17, 15) is 4.79 Å². The largest absolute Gasteiger partial charge is 0.481 e. The van der Waals surface area contributed by atoms with Gasteiger partial charge in [0.1, 0.15) is 11.5 Å². The van der Waals surface area contributed by atoms with Crippen LogP contribution in [-0.4, -0.2) is 23.7 Å². The summed E-state index contributed by atoms with van der Waals surface area (Å²) in [5.74, 6) is 1.09. The second-order valence-electron chi connectivity index (χ2n) is 4.64. The van der Waals surface area contributed by atoms with Crippen molar-refractivity contribution in [2.45, 2.75) is 26.0 Å². The molecule has 1 unspecified atom stereocenters. The number of aliphatic hydroxyl groups is 1. The van der Waals surface area contributed by atoms with Gasteiger partial charge in [-0.3, -0.25) is 4.79 Å². The quantitative estimate of drug-likeness (QED) is 0.816. The monoisotopic (exact) mass is 289 g/mol. The van der Waals surface area contributed by atoms with E-state index >= 15 is 0 Å². The lowest BCUT2D eigenvalue weighted by Gasteiger charge is -2.16. The normalized spacial score (nSPS) is 11.9. The molecule has 0 spiro atoms. The molecular weight excluding hydrogens is 270 g/mol. The molecule has 5 nitrogen and oxygen atoms in total. The molecule has 1 atom stereocenters. The summed E-state index contributed by atoms with van der Waals surface area (Å²) in [6, 6.07) is 10.9. The summed E-state index contributed by atoms with van der Waals surface area (Å²) < 4.78 is 10.8. The Bertz CT molecular complexity index is 565. The second kappa shape index (κ2) is 7.50. The van der Waals surface area contributed by atoms with E-state index in [0.717, 1.165) is 5.56 Å². The number of benzene rings is 1. The first-order valence-electron chi connectivity index (χ1n) is 6.86. The third kappa shape index (κ3) is 4.36. The van der Waals surface area contributed by atoms with Crippen molar-refractivity contribution < 1.29 is 19.1 Å². The zero-order valence-corrected chi connectivity index (χ0v) is 11.9. The topological polar surface area (TPSA) is 71.7 Å². The first kappa shape index (κ1) is 15.1. The maximum atomic E-state index is 12.0. The number of aliphatic hydroxyl groups excluding tert-OH is 1. The number of nitrogens with one attached hydrogen (secondary N) is 1. The molecule has 0 radical (unpaired) electrons. The summed E-state index contributed by atoms with van der Waals surface area (Å²) in [5, 5.41) is 11.8. The third-order valence-corrected chi connectivity index (χ3v) is 3.04. The second-order valence-corrected chi connectivity index (χ2v) is 4.64. The Morgan fingerprint density at radius 1 is 1.33 bits per heavy atom. The van der Waals surface area contributed by atoms with Gasteiger partial charge in [-0.2, -0.15) is 0 Å². The molecule has 21 heavy (non-hydrogen) atoms. The van der Waals surface area contributed by atoms with Crippen LogP contribution in [0.2, 0.25) is 0 Å². The lowest BCUT2D eigenvalue weighted by molar-refractivity contribution is -0.127. The van der Waals surface area contributed by atoms with Crippen molar-refractivity contribution in [3.63, 3.8) is 0 Å². The number of amides is 1. The molecule has 2 aromatic rings. The molecular formula is C16H19NO4. The standard InChI is InChI=1S/C16H19NO4/c1-12(16(19)17-11-14-6-4-10-20-14)21-15-7-3-2-5-13(15)8-9-18/h2-7,10,12,18H,8-9,11H2,1H3,(H,17,19). The summed E-state index contributed by atoms with van der Waals surface area (Å²) in [6.07, 6.45) is 1.43. The van der Waals surface area contributed by atoms with E-state index in [1.54, 1.807) is 31.4 Å². The fourth-order valence-electron chi connectivity index (χ4n) is 1.92. The summed E-state index contributed by atoms with van der Waals surface area (Å²) >= 11 is 0. The van der Waals surface area contributed by atoms with E-state index in [0.29, 0.717) is 24.5 Å². The van der Waals surface area contributed by atoms with Crippen LogP contribution in [0.3, 0.4) is 0 Å². The molecule has 0 bridgehead atoms. The number of para-hydroxylation sites is 1. The summed E-state index contributed by atoms with van der Waals surface area (Å²) in [4.78, 5) is 12.0. The van der Waals surface area contributed by atoms with Gasteiger partial charge < -0.3 is 19.6 Å². The fraction of sp³-hybridized carbons (Fsp3) is 0.312. The minimum Gasteiger partial charge on any atom is -0.481 e. The van der Waals surface area contributed by atoms with Crippen molar-refractivity contribution in [3.05, 3.63) is 54.0 Å². The van der Waals surface area contributed by atoms with Crippen molar-refractivity contribution >= 4 is 5.91 Å². The van der Waals surface area contributed by atoms with Gasteiger partial charge in [-0.05, 0) is 37.1 Å². The molecule has 1 amide bonds. The number of furan rings is 1. The first-order chi connectivity index (χ1) is 10.2. The number of hydrogen-bond acceptors (Lipinski definition) is 4. The van der Waals surface area contributed by atoms with Crippen molar-refractivity contribution in [2.24, 2.45) is 0 Å². The Morgan fingerprint density at radius 3 is 2.86 bits per heavy atom. The van der Waals surface area contributed by atoms with Gasteiger partial charge in [0.25, 0.3) is 5.91 Å². The molecule has 0 aliphatic heterocycles. The summed E-state index contributed by atoms with van der Waals surface area (Å²) in [5.41, 5.74) is 0.880. The van der Waals surface area contributed by atoms with Crippen LogP contribution < -0.4 is 10.1 Å². The SMILES string of the molecule is CC(Oc1ccccc1CCO)C(=O)NCc1ccco1. The van der Waals surface area contributed by atoms with Crippen molar-refractivity contribution in [2.75, 3.05) is 6.61 Å². The molecule has 0 saturated carbocycles. The fourth-order valence-corrected chi connectivity index (χ4v) is 1.92. The number of ether oxygens (including phenoxy) is 1. The molecule has 0 aliphatic carbocycles. The molecule has 1 aromatic heterocycles. The number of carbonyl (C=O) groups is 1. The Labute approximate surface area is 123 Å². The van der Waals surface area contributed by atoms with Gasteiger partial charge in [0, 0.05) is 6.61 Å². The van der Waals surface area contributed by atoms with E-state index < -0.39 is 6.10 Å². The van der Waals surface area contributed by atoms with Gasteiger partial charge in [-0.15, -0.1) is 0 Å². The lowest BCUT2D eigenvalue weighted by atomic mass is 10.1. The molecule has 2 rings (SSSR count). The molecule has 0 aliphatic rings. The third-order valence-electron chi connectivity index (χ3n) is 3.04. The Balaban J connectivity index is 1.91. The van der Waals surface area contributed by atoms with Crippen LogP contribution >= 0.6 is 0 Å². The van der Waals surface area contributed by atoms with Crippen LogP contribution in [0.4, 0.5) is 0 Å². The molecule has 2 N–H and O–H groups in total.